The van der Waals surface area contributed by atoms with Gasteiger partial charge in [-0.05, 0) is 13.0 Å². The molecular formula is C8H11ClN2O. The number of nitrogens with zero attached hydrogens (tertiary/aromatic N) is 1. The van der Waals surface area contributed by atoms with Crippen molar-refractivity contribution in [3.63, 3.8) is 0 Å². The fourth-order valence-electron chi connectivity index (χ4n) is 0.907. The lowest BCUT2D eigenvalue weighted by Gasteiger charge is -2.15. The second kappa shape index (κ2) is 3.85. The first-order valence-corrected chi connectivity index (χ1v) is 4.04. The molecule has 0 aliphatic rings. The predicted molar refractivity (Wildman–Crippen MR) is 47.9 cm³/mol. The summed E-state index contributed by atoms with van der Waals surface area (Å²) in [6.45, 7) is 1.62. The Morgan fingerprint density at radius 2 is 2.33 bits per heavy atom. The monoisotopic (exact) mass is 186 g/mol. The lowest BCUT2D eigenvalue weighted by atomic mass is 10.1. The lowest BCUT2D eigenvalue weighted by molar-refractivity contribution is 0.164. The van der Waals surface area contributed by atoms with Crippen LogP contribution in [0, 0.1) is 0 Å². The first-order chi connectivity index (χ1) is 5.63. The molecule has 0 radical (unpaired) electrons. The number of hydrogen-bond acceptors (Lipinski definition) is 3. The second-order valence-corrected chi connectivity index (χ2v) is 3.01. The van der Waals surface area contributed by atoms with E-state index in [1.165, 1.54) is 0 Å². The van der Waals surface area contributed by atoms with E-state index in [9.17, 15) is 5.11 Å². The average Bonchev–Trinajstić information content (AvgIpc) is 2.04. The number of rotatable bonds is 2. The van der Waals surface area contributed by atoms with Gasteiger partial charge >= 0.3 is 0 Å². The fourth-order valence-corrected chi connectivity index (χ4v) is 1.15. The summed E-state index contributed by atoms with van der Waals surface area (Å²) in [4.78, 5) is 3.86. The van der Waals surface area contributed by atoms with E-state index in [1.807, 2.05) is 0 Å². The van der Waals surface area contributed by atoms with Gasteiger partial charge in [-0.25, -0.2) is 4.98 Å². The largest absolute Gasteiger partial charge is 0.391 e. The number of nitrogens with two attached hydrogens (primary N) is 1. The van der Waals surface area contributed by atoms with Crippen LogP contribution in [0.1, 0.15) is 18.5 Å². The van der Waals surface area contributed by atoms with Crippen LogP contribution in [0.4, 0.5) is 0 Å². The van der Waals surface area contributed by atoms with Crippen LogP contribution in [0.3, 0.4) is 0 Å². The molecule has 0 amide bonds. The summed E-state index contributed by atoms with van der Waals surface area (Å²) in [5.41, 5.74) is 6.34. The van der Waals surface area contributed by atoms with E-state index in [4.69, 9.17) is 17.3 Å². The minimum absolute atomic E-state index is 0.353. The Morgan fingerprint density at radius 3 is 2.83 bits per heavy atom. The summed E-state index contributed by atoms with van der Waals surface area (Å²) in [5, 5.41) is 9.54. The van der Waals surface area contributed by atoms with Crippen molar-refractivity contribution in [2.75, 3.05) is 0 Å². The fraction of sp³-hybridized carbons (Fsp3) is 0.375. The van der Waals surface area contributed by atoms with Gasteiger partial charge < -0.3 is 10.8 Å². The van der Waals surface area contributed by atoms with Gasteiger partial charge in [-0.15, -0.1) is 0 Å². The van der Waals surface area contributed by atoms with Crippen LogP contribution in [0.5, 0.6) is 0 Å². The van der Waals surface area contributed by atoms with Crippen LogP contribution in [-0.4, -0.2) is 16.2 Å². The summed E-state index contributed by atoms with van der Waals surface area (Å²) >= 11 is 5.76. The summed E-state index contributed by atoms with van der Waals surface area (Å²) in [5.74, 6) is 0. The number of aliphatic hydroxyl groups excluding tert-OH is 1. The zero-order valence-corrected chi connectivity index (χ0v) is 7.49. The summed E-state index contributed by atoms with van der Waals surface area (Å²) < 4.78 is 0. The van der Waals surface area contributed by atoms with Gasteiger partial charge in [-0.2, -0.15) is 0 Å². The van der Waals surface area contributed by atoms with Crippen molar-refractivity contribution < 1.29 is 5.11 Å². The molecule has 0 bridgehead atoms. The van der Waals surface area contributed by atoms with Crippen LogP contribution >= 0.6 is 11.6 Å². The first kappa shape index (κ1) is 9.45. The summed E-state index contributed by atoms with van der Waals surface area (Å²) in [7, 11) is 0. The van der Waals surface area contributed by atoms with Gasteiger partial charge in [0.05, 0.1) is 12.1 Å². The topological polar surface area (TPSA) is 59.1 Å². The van der Waals surface area contributed by atoms with Gasteiger partial charge in [0.15, 0.2) is 0 Å². The Labute approximate surface area is 76.2 Å². The van der Waals surface area contributed by atoms with Gasteiger partial charge in [0.25, 0.3) is 0 Å². The number of halogens is 1. The lowest BCUT2D eigenvalue weighted by Crippen LogP contribution is -2.23. The Balaban J connectivity index is 2.94. The van der Waals surface area contributed by atoms with E-state index in [2.05, 4.69) is 4.98 Å². The molecule has 0 aliphatic carbocycles. The van der Waals surface area contributed by atoms with Crippen LogP contribution in [-0.2, 0) is 0 Å². The molecule has 0 saturated heterocycles. The van der Waals surface area contributed by atoms with Gasteiger partial charge in [-0.1, -0.05) is 17.7 Å². The zero-order valence-electron chi connectivity index (χ0n) is 6.74. The molecular weight excluding hydrogens is 176 g/mol. The standard InChI is InChI=1S/C8H11ClN2O/c1-5(12)7(10)6-3-2-4-11-8(6)9/h2-5,7,12H,10H2,1H3/t5-,7-/m0/s1. The molecule has 3 nitrogen and oxygen atoms in total. The van der Waals surface area contributed by atoms with Gasteiger partial charge in [-0.3, -0.25) is 0 Å². The van der Waals surface area contributed by atoms with Gasteiger partial charge in [0, 0.05) is 11.8 Å². The Morgan fingerprint density at radius 1 is 1.67 bits per heavy atom. The van der Waals surface area contributed by atoms with E-state index in [0.29, 0.717) is 10.7 Å². The highest BCUT2D eigenvalue weighted by molar-refractivity contribution is 6.30. The highest BCUT2D eigenvalue weighted by Gasteiger charge is 2.14. The summed E-state index contributed by atoms with van der Waals surface area (Å²) in [6, 6.07) is 3.03. The van der Waals surface area contributed by atoms with E-state index < -0.39 is 12.1 Å². The number of hydrogen-bond donors (Lipinski definition) is 2. The third-order valence-corrected chi connectivity index (χ3v) is 1.98. The predicted octanol–water partition coefficient (Wildman–Crippen LogP) is 1.12. The third-order valence-electron chi connectivity index (χ3n) is 1.67. The molecule has 1 rings (SSSR count). The van der Waals surface area contributed by atoms with Crippen molar-refractivity contribution in [1.29, 1.82) is 0 Å². The molecule has 0 fully saturated rings. The molecule has 1 heterocycles. The minimum atomic E-state index is -0.619. The highest BCUT2D eigenvalue weighted by Crippen LogP contribution is 2.20. The van der Waals surface area contributed by atoms with Crippen molar-refractivity contribution in [3.05, 3.63) is 29.0 Å². The first-order valence-electron chi connectivity index (χ1n) is 3.67. The highest BCUT2D eigenvalue weighted by atomic mass is 35.5. The van der Waals surface area contributed by atoms with Crippen LogP contribution < -0.4 is 5.73 Å². The van der Waals surface area contributed by atoms with Crippen molar-refractivity contribution in [2.24, 2.45) is 5.73 Å². The molecule has 1 aromatic heterocycles. The van der Waals surface area contributed by atoms with Crippen LogP contribution in [0.15, 0.2) is 18.3 Å². The minimum Gasteiger partial charge on any atom is -0.391 e. The second-order valence-electron chi connectivity index (χ2n) is 2.65. The van der Waals surface area contributed by atoms with Gasteiger partial charge in [0.2, 0.25) is 0 Å². The molecule has 0 saturated carbocycles. The maximum absolute atomic E-state index is 9.19. The normalized spacial score (nSPS) is 15.7. The molecule has 1 aromatic rings. The molecule has 0 aliphatic heterocycles. The molecule has 0 aromatic carbocycles. The quantitative estimate of drug-likeness (QED) is 0.681. The van der Waals surface area contributed by atoms with Crippen molar-refractivity contribution in [1.82, 2.24) is 4.98 Å². The van der Waals surface area contributed by atoms with Gasteiger partial charge in [0.1, 0.15) is 5.15 Å². The molecule has 3 N–H and O–H groups in total. The van der Waals surface area contributed by atoms with E-state index in [-0.39, 0.29) is 0 Å². The number of aliphatic hydroxyl groups is 1. The number of pyridine rings is 1. The molecule has 2 atom stereocenters. The van der Waals surface area contributed by atoms with Crippen molar-refractivity contribution >= 4 is 11.6 Å². The van der Waals surface area contributed by atoms with Crippen molar-refractivity contribution in [3.8, 4) is 0 Å². The molecule has 0 spiro atoms. The van der Waals surface area contributed by atoms with Crippen molar-refractivity contribution in [2.45, 2.75) is 19.1 Å². The maximum atomic E-state index is 9.19. The van der Waals surface area contributed by atoms with E-state index in [1.54, 1.807) is 25.3 Å². The third kappa shape index (κ3) is 1.94. The average molecular weight is 187 g/mol. The Hall–Kier alpha value is -0.640. The SMILES string of the molecule is C[C@H](O)[C@H](N)c1cccnc1Cl. The Bertz CT molecular complexity index is 265. The number of aromatic nitrogens is 1. The molecule has 66 valence electrons. The van der Waals surface area contributed by atoms with Crippen LogP contribution in [0.2, 0.25) is 5.15 Å². The molecule has 4 heteroatoms. The molecule has 12 heavy (non-hydrogen) atoms. The van der Waals surface area contributed by atoms with E-state index in [0.717, 1.165) is 0 Å². The zero-order chi connectivity index (χ0) is 9.14. The Kier molecular flexibility index (Phi) is 3.03. The maximum Gasteiger partial charge on any atom is 0.133 e. The van der Waals surface area contributed by atoms with Crippen LogP contribution in [0.25, 0.3) is 0 Å². The summed E-state index contributed by atoms with van der Waals surface area (Å²) in [6.07, 6.45) is 0.965. The smallest absolute Gasteiger partial charge is 0.133 e. The molecule has 0 unspecified atom stereocenters. The van der Waals surface area contributed by atoms with E-state index >= 15 is 0 Å².